The zero-order valence-electron chi connectivity index (χ0n) is 8.76. The molecule has 2 aromatic rings. The van der Waals surface area contributed by atoms with Gasteiger partial charge in [-0.15, -0.1) is 0 Å². The van der Waals surface area contributed by atoms with E-state index in [0.717, 1.165) is 28.7 Å². The van der Waals surface area contributed by atoms with Crippen LogP contribution in [0.1, 0.15) is 12.1 Å². The summed E-state index contributed by atoms with van der Waals surface area (Å²) in [6.45, 7) is 1.04. The van der Waals surface area contributed by atoms with Crippen molar-refractivity contribution < 1.29 is 0 Å². The normalized spacial score (nSPS) is 14.3. The highest BCUT2D eigenvalue weighted by atomic mass is 79.9. The van der Waals surface area contributed by atoms with Crippen LogP contribution in [0.15, 0.2) is 28.7 Å². The van der Waals surface area contributed by atoms with Gasteiger partial charge in [-0.1, -0.05) is 28.1 Å². The molecule has 0 radical (unpaired) electrons. The predicted molar refractivity (Wildman–Crippen MR) is 68.5 cm³/mol. The number of fused-ring (bicyclic) bond motifs is 1. The first-order valence-electron chi connectivity index (χ1n) is 5.41. The van der Waals surface area contributed by atoms with Crippen molar-refractivity contribution in [2.75, 3.05) is 11.9 Å². The third kappa shape index (κ3) is 1.63. The number of anilines is 1. The van der Waals surface area contributed by atoms with E-state index in [2.05, 4.69) is 43.6 Å². The van der Waals surface area contributed by atoms with Crippen LogP contribution in [-0.4, -0.2) is 16.7 Å². The Balaban J connectivity index is 2.06. The van der Waals surface area contributed by atoms with E-state index in [1.54, 1.807) is 0 Å². The van der Waals surface area contributed by atoms with Crippen molar-refractivity contribution in [2.24, 2.45) is 0 Å². The molecule has 1 aliphatic rings. The highest BCUT2D eigenvalue weighted by molar-refractivity contribution is 9.10. The van der Waals surface area contributed by atoms with E-state index in [4.69, 9.17) is 0 Å². The fourth-order valence-corrected chi connectivity index (χ4v) is 2.31. The van der Waals surface area contributed by atoms with Crippen molar-refractivity contribution in [1.82, 2.24) is 10.2 Å². The topological polar surface area (TPSA) is 40.7 Å². The van der Waals surface area contributed by atoms with Gasteiger partial charge in [-0.25, -0.2) is 0 Å². The fourth-order valence-electron chi connectivity index (χ4n) is 2.04. The third-order valence-corrected chi connectivity index (χ3v) is 3.39. The average molecular weight is 278 g/mol. The molecule has 0 saturated heterocycles. The van der Waals surface area contributed by atoms with Crippen LogP contribution in [0.3, 0.4) is 0 Å². The van der Waals surface area contributed by atoms with Crippen LogP contribution in [0, 0.1) is 0 Å². The highest BCUT2D eigenvalue weighted by Gasteiger charge is 2.17. The van der Waals surface area contributed by atoms with Crippen LogP contribution < -0.4 is 5.32 Å². The van der Waals surface area contributed by atoms with Gasteiger partial charge < -0.3 is 5.32 Å². The standard InChI is InChI=1S/C12H12BrN3/c13-9-5-3-8(4-6-9)11-12-10(15-16-11)2-1-7-14-12/h3-6,14H,1-2,7H2,(H,15,16). The molecule has 2 heterocycles. The van der Waals surface area contributed by atoms with Crippen LogP contribution in [-0.2, 0) is 6.42 Å². The zero-order chi connectivity index (χ0) is 11.0. The molecule has 3 rings (SSSR count). The molecule has 3 nitrogen and oxygen atoms in total. The summed E-state index contributed by atoms with van der Waals surface area (Å²) in [6, 6.07) is 8.24. The first kappa shape index (κ1) is 9.90. The number of aromatic amines is 1. The molecule has 1 aromatic carbocycles. The summed E-state index contributed by atoms with van der Waals surface area (Å²) in [4.78, 5) is 0. The van der Waals surface area contributed by atoms with E-state index < -0.39 is 0 Å². The minimum atomic E-state index is 1.03. The monoisotopic (exact) mass is 277 g/mol. The Morgan fingerprint density at radius 2 is 2.00 bits per heavy atom. The maximum Gasteiger partial charge on any atom is 0.115 e. The number of halogens is 1. The maximum absolute atomic E-state index is 4.39. The van der Waals surface area contributed by atoms with Crippen LogP contribution in [0.25, 0.3) is 11.3 Å². The van der Waals surface area contributed by atoms with E-state index in [1.807, 2.05) is 12.1 Å². The predicted octanol–water partition coefficient (Wildman–Crippen LogP) is 3.20. The molecule has 0 spiro atoms. The number of hydrogen-bond donors (Lipinski definition) is 2. The number of nitrogens with one attached hydrogen (secondary N) is 2. The summed E-state index contributed by atoms with van der Waals surface area (Å²) >= 11 is 3.44. The summed E-state index contributed by atoms with van der Waals surface area (Å²) in [7, 11) is 0. The van der Waals surface area contributed by atoms with E-state index in [0.29, 0.717) is 0 Å². The van der Waals surface area contributed by atoms with Gasteiger partial charge in [-0.3, -0.25) is 5.10 Å². The van der Waals surface area contributed by atoms with E-state index in [-0.39, 0.29) is 0 Å². The molecule has 0 amide bonds. The number of benzene rings is 1. The van der Waals surface area contributed by atoms with Gasteiger partial charge in [0.1, 0.15) is 5.69 Å². The number of hydrogen-bond acceptors (Lipinski definition) is 2. The Morgan fingerprint density at radius 1 is 1.19 bits per heavy atom. The van der Waals surface area contributed by atoms with Crippen LogP contribution >= 0.6 is 15.9 Å². The van der Waals surface area contributed by atoms with E-state index in [1.165, 1.54) is 17.8 Å². The van der Waals surface area contributed by atoms with Gasteiger partial charge in [0.25, 0.3) is 0 Å². The number of aromatic nitrogens is 2. The molecule has 4 heteroatoms. The Hall–Kier alpha value is -1.29. The maximum atomic E-state index is 4.39. The lowest BCUT2D eigenvalue weighted by atomic mass is 10.1. The fraction of sp³-hybridized carbons (Fsp3) is 0.250. The number of aryl methyl sites for hydroxylation is 1. The molecular weight excluding hydrogens is 266 g/mol. The lowest BCUT2D eigenvalue weighted by Crippen LogP contribution is -2.10. The third-order valence-electron chi connectivity index (χ3n) is 2.86. The molecular formula is C12H12BrN3. The second-order valence-electron chi connectivity index (χ2n) is 3.96. The number of rotatable bonds is 1. The Bertz CT molecular complexity index is 501. The van der Waals surface area contributed by atoms with Crippen molar-refractivity contribution in [2.45, 2.75) is 12.8 Å². The smallest absolute Gasteiger partial charge is 0.115 e. The van der Waals surface area contributed by atoms with Crippen LogP contribution in [0.4, 0.5) is 5.69 Å². The molecule has 2 N–H and O–H groups in total. The van der Waals surface area contributed by atoms with E-state index in [9.17, 15) is 0 Å². The van der Waals surface area contributed by atoms with Crippen molar-refractivity contribution in [3.8, 4) is 11.3 Å². The highest BCUT2D eigenvalue weighted by Crippen LogP contribution is 2.31. The summed E-state index contributed by atoms with van der Waals surface area (Å²) in [5, 5.41) is 10.9. The van der Waals surface area contributed by atoms with E-state index >= 15 is 0 Å². The van der Waals surface area contributed by atoms with Gasteiger partial charge in [0.2, 0.25) is 0 Å². The SMILES string of the molecule is Brc1ccc(-c2n[nH]c3c2NCCC3)cc1. The largest absolute Gasteiger partial charge is 0.382 e. The molecule has 1 aliphatic heterocycles. The minimum Gasteiger partial charge on any atom is -0.382 e. The second-order valence-corrected chi connectivity index (χ2v) is 4.88. The number of H-pyrrole nitrogens is 1. The summed E-state index contributed by atoms with van der Waals surface area (Å²) in [6.07, 6.45) is 2.26. The Kier molecular flexibility index (Phi) is 2.44. The molecule has 0 unspecified atom stereocenters. The molecule has 0 aliphatic carbocycles. The second kappa shape index (κ2) is 3.94. The summed E-state index contributed by atoms with van der Waals surface area (Å²) in [5.74, 6) is 0. The van der Waals surface area contributed by atoms with Gasteiger partial charge in [0.15, 0.2) is 0 Å². The van der Waals surface area contributed by atoms with Gasteiger partial charge in [-0.2, -0.15) is 5.10 Å². The Labute approximate surface area is 102 Å². The molecule has 0 bridgehead atoms. The first-order chi connectivity index (χ1) is 7.84. The van der Waals surface area contributed by atoms with Crippen molar-refractivity contribution in [3.05, 3.63) is 34.4 Å². The van der Waals surface area contributed by atoms with Crippen molar-refractivity contribution >= 4 is 21.6 Å². The molecule has 82 valence electrons. The van der Waals surface area contributed by atoms with Crippen LogP contribution in [0.5, 0.6) is 0 Å². The molecule has 0 saturated carbocycles. The minimum absolute atomic E-state index is 1.03. The van der Waals surface area contributed by atoms with Gasteiger partial charge >= 0.3 is 0 Å². The van der Waals surface area contributed by atoms with Crippen molar-refractivity contribution in [3.63, 3.8) is 0 Å². The molecule has 1 aromatic heterocycles. The molecule has 0 atom stereocenters. The molecule has 16 heavy (non-hydrogen) atoms. The lowest BCUT2D eigenvalue weighted by Gasteiger charge is -2.14. The summed E-state index contributed by atoms with van der Waals surface area (Å²) < 4.78 is 1.09. The first-order valence-corrected chi connectivity index (χ1v) is 6.21. The lowest BCUT2D eigenvalue weighted by molar-refractivity contribution is 0.801. The summed E-state index contributed by atoms with van der Waals surface area (Å²) in [5.41, 5.74) is 4.58. The molecule has 0 fully saturated rings. The number of nitrogens with zero attached hydrogens (tertiary/aromatic N) is 1. The van der Waals surface area contributed by atoms with Crippen molar-refractivity contribution in [1.29, 1.82) is 0 Å². The zero-order valence-corrected chi connectivity index (χ0v) is 10.3. The quantitative estimate of drug-likeness (QED) is 0.841. The average Bonchev–Trinajstić information content (AvgIpc) is 2.74. The van der Waals surface area contributed by atoms with Gasteiger partial charge in [-0.05, 0) is 25.0 Å². The van der Waals surface area contributed by atoms with Gasteiger partial charge in [0, 0.05) is 16.6 Å². The Morgan fingerprint density at radius 3 is 2.81 bits per heavy atom. The van der Waals surface area contributed by atoms with Crippen LogP contribution in [0.2, 0.25) is 0 Å². The van der Waals surface area contributed by atoms with Gasteiger partial charge in [0.05, 0.1) is 11.4 Å².